The first-order valence-corrected chi connectivity index (χ1v) is 11.5. The van der Waals surface area contributed by atoms with Crippen LogP contribution in [0.3, 0.4) is 0 Å². The Balaban J connectivity index is 2.33. The van der Waals surface area contributed by atoms with E-state index in [-0.39, 0.29) is 11.9 Å². The number of ether oxygens (including phenoxy) is 2. The number of rotatable bonds is 8. The summed E-state index contributed by atoms with van der Waals surface area (Å²) in [6, 6.07) is 5.60. The third kappa shape index (κ3) is 3.49. The first-order valence-electron chi connectivity index (χ1n) is 9.39. The largest absolute Gasteiger partial charge is 0.493 e. The highest BCUT2D eigenvalue weighted by Crippen LogP contribution is 2.45. The van der Waals surface area contributed by atoms with Crippen LogP contribution in [0.5, 0.6) is 11.5 Å². The van der Waals surface area contributed by atoms with E-state index in [1.54, 1.807) is 14.2 Å². The minimum atomic E-state index is -2.13. The minimum absolute atomic E-state index is 0.0244. The average molecular weight is 380 g/mol. The van der Waals surface area contributed by atoms with Crippen LogP contribution in [0.15, 0.2) is 18.2 Å². The molecule has 0 spiro atoms. The quantitative estimate of drug-likeness (QED) is 0.536. The highest BCUT2D eigenvalue weighted by atomic mass is 28.4. The standard InChI is InChI=1S/C20H33NO4Si/c1-12(2)26(13(3)4,14(5)6)25-19-18(21-20(19)22)15-9-10-16(23-7)17(11-15)24-8/h9-14,18-19H,1-8H3,(H,21,22)/t18-,19+/m0/s1. The Labute approximate surface area is 158 Å². The molecule has 1 amide bonds. The monoisotopic (exact) mass is 379 g/mol. The maximum atomic E-state index is 12.4. The number of benzene rings is 1. The van der Waals surface area contributed by atoms with Crippen LogP contribution in [0.1, 0.15) is 53.1 Å². The van der Waals surface area contributed by atoms with Crippen molar-refractivity contribution in [3.63, 3.8) is 0 Å². The number of methoxy groups -OCH3 is 2. The second-order valence-corrected chi connectivity index (χ2v) is 13.4. The SMILES string of the molecule is COc1ccc([C@@H]2NC(=O)[C@@H]2O[Si](C(C)C)(C(C)C)C(C)C)cc1OC. The van der Waals surface area contributed by atoms with Crippen molar-refractivity contribution in [3.8, 4) is 11.5 Å². The zero-order chi connectivity index (χ0) is 19.6. The molecule has 2 rings (SSSR count). The number of β-lactam (4-membered cyclic amide) rings is 1. The van der Waals surface area contributed by atoms with Crippen molar-refractivity contribution in [2.75, 3.05) is 14.2 Å². The van der Waals surface area contributed by atoms with Crippen LogP contribution in [0, 0.1) is 0 Å². The molecule has 6 heteroatoms. The molecule has 1 saturated heterocycles. The summed E-state index contributed by atoms with van der Waals surface area (Å²) in [5, 5.41) is 3.00. The van der Waals surface area contributed by atoms with Crippen LogP contribution in [0.25, 0.3) is 0 Å². The van der Waals surface area contributed by atoms with Crippen molar-refractivity contribution in [2.24, 2.45) is 0 Å². The Bertz CT molecular complexity index is 623. The summed E-state index contributed by atoms with van der Waals surface area (Å²) in [6.45, 7) is 13.4. The van der Waals surface area contributed by atoms with Gasteiger partial charge in [0.15, 0.2) is 11.5 Å². The molecule has 1 aromatic rings. The van der Waals surface area contributed by atoms with Crippen LogP contribution in [0.4, 0.5) is 0 Å². The minimum Gasteiger partial charge on any atom is -0.493 e. The van der Waals surface area contributed by atoms with Crippen LogP contribution in [0.2, 0.25) is 16.6 Å². The topological polar surface area (TPSA) is 56.8 Å². The first-order chi connectivity index (χ1) is 12.2. The maximum absolute atomic E-state index is 12.4. The second kappa shape index (κ2) is 8.01. The molecule has 1 heterocycles. The van der Waals surface area contributed by atoms with Crippen molar-refractivity contribution in [2.45, 2.75) is 70.3 Å². The third-order valence-electron chi connectivity index (χ3n) is 5.66. The average Bonchev–Trinajstić information content (AvgIpc) is 2.58. The number of carbonyl (C=O) groups is 1. The Hall–Kier alpha value is -1.53. The Morgan fingerprint density at radius 3 is 1.88 bits per heavy atom. The van der Waals surface area contributed by atoms with Crippen LogP contribution < -0.4 is 14.8 Å². The summed E-state index contributed by atoms with van der Waals surface area (Å²) < 4.78 is 17.4. The van der Waals surface area contributed by atoms with Gasteiger partial charge in [0, 0.05) is 0 Å². The fourth-order valence-electron chi connectivity index (χ4n) is 4.42. The predicted octanol–water partition coefficient (Wildman–Crippen LogP) is 4.44. The molecule has 1 aromatic carbocycles. The van der Waals surface area contributed by atoms with E-state index in [9.17, 15) is 4.79 Å². The molecule has 0 unspecified atom stereocenters. The van der Waals surface area contributed by atoms with Crippen molar-refractivity contribution in [1.82, 2.24) is 5.32 Å². The van der Waals surface area contributed by atoms with Crippen molar-refractivity contribution in [3.05, 3.63) is 23.8 Å². The van der Waals surface area contributed by atoms with Gasteiger partial charge in [-0.05, 0) is 34.3 Å². The van der Waals surface area contributed by atoms with Gasteiger partial charge < -0.3 is 19.2 Å². The molecule has 2 atom stereocenters. The number of amides is 1. The summed E-state index contributed by atoms with van der Waals surface area (Å²) in [5.74, 6) is 1.31. The van der Waals surface area contributed by atoms with Gasteiger partial charge in [0.25, 0.3) is 5.91 Å². The summed E-state index contributed by atoms with van der Waals surface area (Å²) in [6.07, 6.45) is -0.438. The molecular weight excluding hydrogens is 346 g/mol. The van der Waals surface area contributed by atoms with Gasteiger partial charge in [-0.2, -0.15) is 0 Å². The molecule has 1 N–H and O–H groups in total. The number of nitrogens with one attached hydrogen (secondary N) is 1. The van der Waals surface area contributed by atoms with Crippen LogP contribution >= 0.6 is 0 Å². The molecule has 26 heavy (non-hydrogen) atoms. The lowest BCUT2D eigenvalue weighted by molar-refractivity contribution is -0.141. The molecule has 1 fully saturated rings. The molecule has 1 aliphatic rings. The molecule has 0 saturated carbocycles. The van der Waals surface area contributed by atoms with Gasteiger partial charge in [-0.25, -0.2) is 0 Å². The lowest BCUT2D eigenvalue weighted by atomic mass is 9.94. The number of hydrogen-bond donors (Lipinski definition) is 1. The lowest BCUT2D eigenvalue weighted by Gasteiger charge is -2.48. The van der Waals surface area contributed by atoms with Gasteiger partial charge in [0.1, 0.15) is 6.10 Å². The molecule has 146 valence electrons. The zero-order valence-electron chi connectivity index (χ0n) is 17.3. The van der Waals surface area contributed by atoms with Crippen molar-refractivity contribution >= 4 is 14.2 Å². The van der Waals surface area contributed by atoms with Crippen molar-refractivity contribution < 1.29 is 18.7 Å². The summed E-state index contributed by atoms with van der Waals surface area (Å²) >= 11 is 0. The fourth-order valence-corrected chi connectivity index (χ4v) is 9.92. The molecule has 0 aliphatic carbocycles. The van der Waals surface area contributed by atoms with Gasteiger partial charge in [-0.3, -0.25) is 4.79 Å². The fraction of sp³-hybridized carbons (Fsp3) is 0.650. The smallest absolute Gasteiger partial charge is 0.251 e. The maximum Gasteiger partial charge on any atom is 0.251 e. The molecule has 5 nitrogen and oxygen atoms in total. The van der Waals surface area contributed by atoms with E-state index in [4.69, 9.17) is 13.9 Å². The zero-order valence-corrected chi connectivity index (χ0v) is 18.3. The highest BCUT2D eigenvalue weighted by molar-refractivity contribution is 6.77. The van der Waals surface area contributed by atoms with Crippen LogP contribution in [-0.2, 0) is 9.22 Å². The molecule has 0 aromatic heterocycles. The Morgan fingerprint density at radius 2 is 1.46 bits per heavy atom. The summed E-state index contributed by atoms with van der Waals surface area (Å²) in [7, 11) is 1.09. The van der Waals surface area contributed by atoms with E-state index in [2.05, 4.69) is 46.9 Å². The Morgan fingerprint density at radius 1 is 0.923 bits per heavy atom. The third-order valence-corrected chi connectivity index (χ3v) is 11.7. The second-order valence-electron chi connectivity index (χ2n) is 7.96. The van der Waals surface area contributed by atoms with E-state index in [0.717, 1.165) is 5.56 Å². The van der Waals surface area contributed by atoms with E-state index in [1.807, 2.05) is 18.2 Å². The predicted molar refractivity (Wildman–Crippen MR) is 106 cm³/mol. The molecular formula is C20H33NO4Si. The highest BCUT2D eigenvalue weighted by Gasteiger charge is 2.52. The molecule has 1 aliphatic heterocycles. The lowest BCUT2D eigenvalue weighted by Crippen LogP contribution is -2.63. The van der Waals surface area contributed by atoms with Gasteiger partial charge in [-0.15, -0.1) is 0 Å². The van der Waals surface area contributed by atoms with Gasteiger partial charge in [0.2, 0.25) is 8.32 Å². The van der Waals surface area contributed by atoms with E-state index < -0.39 is 14.4 Å². The summed E-state index contributed by atoms with van der Waals surface area (Å²) in [5.41, 5.74) is 2.28. The number of hydrogen-bond acceptors (Lipinski definition) is 4. The number of carbonyl (C=O) groups excluding carboxylic acids is 1. The van der Waals surface area contributed by atoms with Gasteiger partial charge >= 0.3 is 0 Å². The van der Waals surface area contributed by atoms with Crippen molar-refractivity contribution in [1.29, 1.82) is 0 Å². The first kappa shape index (κ1) is 20.8. The van der Waals surface area contributed by atoms with E-state index in [0.29, 0.717) is 28.1 Å². The Kier molecular flexibility index (Phi) is 6.40. The molecule has 0 radical (unpaired) electrons. The summed E-state index contributed by atoms with van der Waals surface area (Å²) in [4.78, 5) is 12.4. The normalized spacial score (nSPS) is 20.3. The van der Waals surface area contributed by atoms with Gasteiger partial charge in [0.05, 0.1) is 20.3 Å². The van der Waals surface area contributed by atoms with Crippen LogP contribution in [-0.4, -0.2) is 34.5 Å². The molecule has 0 bridgehead atoms. The van der Waals surface area contributed by atoms with E-state index in [1.165, 1.54) is 0 Å². The van der Waals surface area contributed by atoms with Gasteiger partial charge in [-0.1, -0.05) is 47.6 Å². The van der Waals surface area contributed by atoms with E-state index >= 15 is 0 Å².